The summed E-state index contributed by atoms with van der Waals surface area (Å²) in [5.41, 5.74) is 7.92. The van der Waals surface area contributed by atoms with Gasteiger partial charge in [0.15, 0.2) is 0 Å². The summed E-state index contributed by atoms with van der Waals surface area (Å²) >= 11 is 12.6. The third-order valence-corrected chi connectivity index (χ3v) is 8.88. The maximum absolute atomic E-state index is 13.7. The Balaban J connectivity index is 1.59. The first-order valence-corrected chi connectivity index (χ1v) is 14.9. The molecular weight excluding hydrogens is 567 g/mol. The number of anilines is 1. The fourth-order valence-electron chi connectivity index (χ4n) is 4.48. The minimum absolute atomic E-state index is 0.104. The van der Waals surface area contributed by atoms with Crippen molar-refractivity contribution in [1.82, 2.24) is 9.99 Å². The van der Waals surface area contributed by atoms with Gasteiger partial charge in [-0.2, -0.15) is 5.10 Å². The van der Waals surface area contributed by atoms with Gasteiger partial charge >= 0.3 is 0 Å². The molecular formula is C30H30Cl2N4O3S. The number of hydrogen-bond acceptors (Lipinski definition) is 4. The molecule has 10 heteroatoms. The standard InChI is InChI=1S/C30H30Cl2N4O3S/c1-5-23-8-6-7-9-28(23)35(40(38,39)26-13-10-20(2)11-14-26)19-30(37)34-33-18-24-16-21(3)36(22(24)4)29-17-25(31)12-15-27(29)32/h6-18H,5,19H2,1-4H3,(H,34,37)/b33-18-. The van der Waals surface area contributed by atoms with Crippen molar-refractivity contribution in [2.45, 2.75) is 39.0 Å². The van der Waals surface area contributed by atoms with E-state index in [1.54, 1.807) is 54.6 Å². The van der Waals surface area contributed by atoms with Gasteiger partial charge in [-0.25, -0.2) is 13.8 Å². The average molecular weight is 598 g/mol. The first kappa shape index (κ1) is 29.4. The van der Waals surface area contributed by atoms with Crippen molar-refractivity contribution in [2.75, 3.05) is 10.8 Å². The number of hydrogen-bond donors (Lipinski definition) is 1. The predicted molar refractivity (Wildman–Crippen MR) is 163 cm³/mol. The van der Waals surface area contributed by atoms with Gasteiger partial charge in [0.1, 0.15) is 6.54 Å². The highest BCUT2D eigenvalue weighted by Gasteiger charge is 2.28. The van der Waals surface area contributed by atoms with E-state index in [1.807, 2.05) is 50.5 Å². The minimum Gasteiger partial charge on any atom is -0.316 e. The Kier molecular flexibility index (Phi) is 9.03. The quantitative estimate of drug-likeness (QED) is 0.174. The Morgan fingerprint density at radius 2 is 1.70 bits per heavy atom. The molecule has 0 aliphatic rings. The molecule has 0 aliphatic heterocycles. The van der Waals surface area contributed by atoms with Crippen molar-refractivity contribution in [1.29, 1.82) is 0 Å². The van der Waals surface area contributed by atoms with Crippen molar-refractivity contribution < 1.29 is 13.2 Å². The van der Waals surface area contributed by atoms with Crippen LogP contribution in [-0.2, 0) is 21.2 Å². The molecule has 0 bridgehead atoms. The topological polar surface area (TPSA) is 83.8 Å². The molecule has 0 fully saturated rings. The second kappa shape index (κ2) is 12.3. The lowest BCUT2D eigenvalue weighted by molar-refractivity contribution is -0.119. The molecule has 0 aliphatic carbocycles. The number of aromatic nitrogens is 1. The van der Waals surface area contributed by atoms with Crippen molar-refractivity contribution in [3.63, 3.8) is 0 Å². The van der Waals surface area contributed by atoms with Crippen LogP contribution in [0.1, 0.15) is 35.0 Å². The van der Waals surface area contributed by atoms with Gasteiger partial charge in [0.2, 0.25) is 0 Å². The summed E-state index contributed by atoms with van der Waals surface area (Å²) in [4.78, 5) is 13.1. The Morgan fingerprint density at radius 1 is 1.00 bits per heavy atom. The Morgan fingerprint density at radius 3 is 2.40 bits per heavy atom. The Labute approximate surface area is 245 Å². The van der Waals surface area contributed by atoms with Crippen molar-refractivity contribution in [2.24, 2.45) is 5.10 Å². The molecule has 7 nitrogen and oxygen atoms in total. The summed E-state index contributed by atoms with van der Waals surface area (Å²) in [6, 6.07) is 20.9. The molecule has 1 amide bonds. The van der Waals surface area contributed by atoms with Crippen LogP contribution < -0.4 is 9.73 Å². The number of sulfonamides is 1. The van der Waals surface area contributed by atoms with Gasteiger partial charge in [-0.1, -0.05) is 66.0 Å². The molecule has 0 unspecified atom stereocenters. The Bertz CT molecular complexity index is 1680. The summed E-state index contributed by atoms with van der Waals surface area (Å²) in [5, 5.41) is 5.23. The van der Waals surface area contributed by atoms with Crippen molar-refractivity contribution >= 4 is 51.0 Å². The van der Waals surface area contributed by atoms with E-state index in [0.29, 0.717) is 22.2 Å². The van der Waals surface area contributed by atoms with Gasteiger partial charge in [0.05, 0.1) is 27.5 Å². The summed E-state index contributed by atoms with van der Waals surface area (Å²) in [5.74, 6) is -0.579. The fraction of sp³-hybridized carbons (Fsp3) is 0.200. The van der Waals surface area contributed by atoms with Gasteiger partial charge in [-0.05, 0) is 75.2 Å². The highest BCUT2D eigenvalue weighted by Crippen LogP contribution is 2.29. The van der Waals surface area contributed by atoms with E-state index < -0.39 is 22.5 Å². The largest absolute Gasteiger partial charge is 0.316 e. The molecule has 1 aromatic heterocycles. The lowest BCUT2D eigenvalue weighted by Crippen LogP contribution is -2.40. The van der Waals surface area contributed by atoms with Gasteiger partial charge in [-0.3, -0.25) is 9.10 Å². The number of hydrazone groups is 1. The summed E-state index contributed by atoms with van der Waals surface area (Å²) in [6.07, 6.45) is 2.12. The number of carbonyl (C=O) groups is 1. The number of rotatable bonds is 9. The van der Waals surface area contributed by atoms with Gasteiger partial charge in [0.25, 0.3) is 15.9 Å². The van der Waals surface area contributed by atoms with Crippen LogP contribution >= 0.6 is 23.2 Å². The number of para-hydroxylation sites is 1. The van der Waals surface area contributed by atoms with E-state index in [-0.39, 0.29) is 4.90 Å². The fourth-order valence-corrected chi connectivity index (χ4v) is 6.30. The molecule has 1 N–H and O–H groups in total. The van der Waals surface area contributed by atoms with Crippen LogP contribution in [0.25, 0.3) is 5.69 Å². The summed E-state index contributed by atoms with van der Waals surface area (Å²) in [7, 11) is -4.03. The number of carbonyl (C=O) groups excluding carboxylic acids is 1. The summed E-state index contributed by atoms with van der Waals surface area (Å²) in [6.45, 7) is 7.21. The molecule has 4 rings (SSSR count). The van der Waals surface area contributed by atoms with E-state index in [4.69, 9.17) is 23.2 Å². The van der Waals surface area contributed by atoms with Crippen LogP contribution in [0.5, 0.6) is 0 Å². The zero-order valence-electron chi connectivity index (χ0n) is 22.7. The number of benzene rings is 3. The van der Waals surface area contributed by atoms with E-state index in [9.17, 15) is 13.2 Å². The normalized spacial score (nSPS) is 11.7. The molecule has 0 radical (unpaired) electrons. The van der Waals surface area contributed by atoms with Crippen LogP contribution in [0.15, 0.2) is 82.8 Å². The summed E-state index contributed by atoms with van der Waals surface area (Å²) < 4.78 is 30.5. The van der Waals surface area contributed by atoms with Crippen LogP contribution in [0.3, 0.4) is 0 Å². The average Bonchev–Trinajstić information content (AvgIpc) is 3.21. The van der Waals surface area contributed by atoms with Gasteiger partial charge < -0.3 is 4.57 Å². The Hall–Kier alpha value is -3.59. The monoisotopic (exact) mass is 596 g/mol. The van der Waals surface area contributed by atoms with Crippen LogP contribution in [0.4, 0.5) is 5.69 Å². The first-order valence-electron chi connectivity index (χ1n) is 12.7. The molecule has 4 aromatic rings. The maximum Gasteiger partial charge on any atom is 0.264 e. The molecule has 1 heterocycles. The molecule has 40 heavy (non-hydrogen) atoms. The second-order valence-electron chi connectivity index (χ2n) is 9.36. The van der Waals surface area contributed by atoms with Crippen molar-refractivity contribution in [3.8, 4) is 5.69 Å². The van der Waals surface area contributed by atoms with E-state index in [2.05, 4.69) is 10.5 Å². The van der Waals surface area contributed by atoms with Crippen molar-refractivity contribution in [3.05, 3.63) is 111 Å². The zero-order valence-corrected chi connectivity index (χ0v) is 25.0. The SMILES string of the molecule is CCc1ccccc1N(CC(=O)N/N=C\c1cc(C)n(-c2cc(Cl)ccc2Cl)c1C)S(=O)(=O)c1ccc(C)cc1. The van der Waals surface area contributed by atoms with E-state index >= 15 is 0 Å². The van der Waals surface area contributed by atoms with Gasteiger partial charge in [-0.15, -0.1) is 0 Å². The minimum atomic E-state index is -4.03. The molecule has 0 saturated carbocycles. The molecule has 3 aromatic carbocycles. The maximum atomic E-state index is 13.7. The molecule has 0 atom stereocenters. The number of nitrogens with one attached hydrogen (secondary N) is 1. The first-order chi connectivity index (χ1) is 19.0. The predicted octanol–water partition coefficient (Wildman–Crippen LogP) is 6.62. The van der Waals surface area contributed by atoms with Crippen LogP contribution in [0.2, 0.25) is 10.0 Å². The molecule has 0 saturated heterocycles. The molecule has 208 valence electrons. The van der Waals surface area contributed by atoms with Crippen LogP contribution in [0, 0.1) is 20.8 Å². The number of halogens is 2. The molecule has 0 spiro atoms. The van der Waals surface area contributed by atoms with E-state index in [1.165, 1.54) is 6.21 Å². The van der Waals surface area contributed by atoms with E-state index in [0.717, 1.165) is 38.1 Å². The number of nitrogens with zero attached hydrogens (tertiary/aromatic N) is 3. The lowest BCUT2D eigenvalue weighted by atomic mass is 10.1. The smallest absolute Gasteiger partial charge is 0.264 e. The highest BCUT2D eigenvalue weighted by atomic mass is 35.5. The van der Waals surface area contributed by atoms with Gasteiger partial charge in [0, 0.05) is 22.0 Å². The second-order valence-corrected chi connectivity index (χ2v) is 12.1. The highest BCUT2D eigenvalue weighted by molar-refractivity contribution is 7.92. The lowest BCUT2D eigenvalue weighted by Gasteiger charge is -2.25. The third-order valence-electron chi connectivity index (χ3n) is 6.55. The number of amides is 1. The third kappa shape index (κ3) is 6.25. The zero-order chi connectivity index (χ0) is 29.0. The van der Waals surface area contributed by atoms with Crippen LogP contribution in [-0.4, -0.2) is 31.7 Å². The number of aryl methyl sites for hydroxylation is 3.